The van der Waals surface area contributed by atoms with E-state index in [1.807, 2.05) is 117 Å². The Labute approximate surface area is 281 Å². The number of ether oxygens (including phenoxy) is 1. The minimum Gasteiger partial charge on any atom is -0.469 e. The highest BCUT2D eigenvalue weighted by atomic mass is 16.5. The van der Waals surface area contributed by atoms with Crippen LogP contribution in [0.3, 0.4) is 0 Å². The van der Waals surface area contributed by atoms with Gasteiger partial charge < -0.3 is 13.6 Å². The molecule has 0 N–H and O–H groups in total. The number of nitrogens with zero attached hydrogens (tertiary/aromatic N) is 3. The lowest BCUT2D eigenvalue weighted by Crippen LogP contribution is -2.17. The molecule has 7 nitrogen and oxygen atoms in total. The van der Waals surface area contributed by atoms with Gasteiger partial charge in [-0.2, -0.15) is 0 Å². The molecule has 0 aliphatic carbocycles. The fourth-order valence-corrected chi connectivity index (χ4v) is 5.01. The lowest BCUT2D eigenvalue weighted by Gasteiger charge is -2.14. The van der Waals surface area contributed by atoms with Crippen molar-refractivity contribution in [2.24, 2.45) is 0 Å². The second kappa shape index (κ2) is 16.5. The minimum absolute atomic E-state index is 0.273. The molecule has 0 aliphatic heterocycles. The summed E-state index contributed by atoms with van der Waals surface area (Å²) in [6.45, 7) is 7.53. The van der Waals surface area contributed by atoms with E-state index in [2.05, 4.69) is 33.4 Å². The summed E-state index contributed by atoms with van der Waals surface area (Å²) >= 11 is 0. The first-order valence-corrected chi connectivity index (χ1v) is 15.6. The van der Waals surface area contributed by atoms with Crippen molar-refractivity contribution in [3.05, 3.63) is 162 Å². The number of allylic oxidation sites excluding steroid dienone is 1. The molecule has 240 valence electrons. The van der Waals surface area contributed by atoms with Gasteiger partial charge in [0.2, 0.25) is 11.8 Å². The standard InChI is InChI=1S/C28H24N2O3.C13H13NO/c1-20-26(30-27(33-20)23-9-4-3-5-10-23)12-6-8-21-13-15-22(16-14-21)18-25(28(31)32-2)24-11-7-17-29-19-24;1-3-7-12-10(2)15-13(14-12)11-8-5-4-6-9-11/h3-5,7,9-11,13-17,19,25H,12,18H2,1-2H3;3-6,8-9H,1,7H2,2H3. The van der Waals surface area contributed by atoms with Crippen LogP contribution in [-0.2, 0) is 28.8 Å². The van der Waals surface area contributed by atoms with Crippen molar-refractivity contribution in [3.8, 4) is 34.7 Å². The molecule has 6 aromatic rings. The van der Waals surface area contributed by atoms with Crippen LogP contribution < -0.4 is 0 Å². The number of hydrogen-bond donors (Lipinski definition) is 0. The molecular weight excluding hydrogens is 598 g/mol. The summed E-state index contributed by atoms with van der Waals surface area (Å²) in [6, 6.07) is 31.4. The topological polar surface area (TPSA) is 91.2 Å². The van der Waals surface area contributed by atoms with E-state index in [1.54, 1.807) is 12.4 Å². The summed E-state index contributed by atoms with van der Waals surface area (Å²) in [4.78, 5) is 25.4. The smallest absolute Gasteiger partial charge is 0.313 e. The zero-order valence-corrected chi connectivity index (χ0v) is 27.4. The molecule has 0 spiro atoms. The Bertz CT molecular complexity index is 1990. The van der Waals surface area contributed by atoms with Crippen molar-refractivity contribution >= 4 is 5.97 Å². The first kappa shape index (κ1) is 33.4. The normalized spacial score (nSPS) is 11.0. The van der Waals surface area contributed by atoms with Crippen LogP contribution in [0.15, 0.2) is 131 Å². The highest BCUT2D eigenvalue weighted by Crippen LogP contribution is 2.24. The summed E-state index contributed by atoms with van der Waals surface area (Å²) in [6.07, 6.45) is 7.02. The van der Waals surface area contributed by atoms with Gasteiger partial charge in [-0.1, -0.05) is 72.5 Å². The van der Waals surface area contributed by atoms with Gasteiger partial charge in [-0.05, 0) is 73.9 Å². The lowest BCUT2D eigenvalue weighted by molar-refractivity contribution is -0.142. The molecule has 48 heavy (non-hydrogen) atoms. The molecule has 1 atom stereocenters. The van der Waals surface area contributed by atoms with Gasteiger partial charge >= 0.3 is 5.97 Å². The molecule has 0 bridgehead atoms. The Morgan fingerprint density at radius 1 is 0.833 bits per heavy atom. The molecule has 0 saturated heterocycles. The summed E-state index contributed by atoms with van der Waals surface area (Å²) in [7, 11) is 1.41. The van der Waals surface area contributed by atoms with Gasteiger partial charge in [-0.25, -0.2) is 9.97 Å². The zero-order chi connectivity index (χ0) is 33.7. The average Bonchev–Trinajstić information content (AvgIpc) is 3.70. The molecule has 0 radical (unpaired) electrons. The Kier molecular flexibility index (Phi) is 11.5. The van der Waals surface area contributed by atoms with Crippen LogP contribution in [0.2, 0.25) is 0 Å². The molecule has 3 heterocycles. The molecular formula is C41H37N3O4. The number of carbonyl (C=O) groups excluding carboxylic acids is 1. The van der Waals surface area contributed by atoms with Crippen LogP contribution in [0.1, 0.15) is 45.5 Å². The van der Waals surface area contributed by atoms with E-state index in [4.69, 9.17) is 13.6 Å². The van der Waals surface area contributed by atoms with Crippen molar-refractivity contribution in [2.45, 2.75) is 39.0 Å². The van der Waals surface area contributed by atoms with Gasteiger partial charge in [0.1, 0.15) is 11.5 Å². The monoisotopic (exact) mass is 635 g/mol. The van der Waals surface area contributed by atoms with Crippen LogP contribution >= 0.6 is 0 Å². The molecule has 6 rings (SSSR count). The predicted molar refractivity (Wildman–Crippen MR) is 187 cm³/mol. The number of aromatic nitrogens is 3. The van der Waals surface area contributed by atoms with E-state index in [1.165, 1.54) is 7.11 Å². The van der Waals surface area contributed by atoms with E-state index in [0.717, 1.165) is 57.1 Å². The maximum absolute atomic E-state index is 12.3. The second-order valence-corrected chi connectivity index (χ2v) is 11.0. The maximum atomic E-state index is 12.3. The quantitative estimate of drug-likeness (QED) is 0.0894. The largest absolute Gasteiger partial charge is 0.469 e. The number of pyridine rings is 1. The summed E-state index contributed by atoms with van der Waals surface area (Å²) in [5.41, 5.74) is 6.53. The highest BCUT2D eigenvalue weighted by Gasteiger charge is 2.22. The zero-order valence-electron chi connectivity index (χ0n) is 27.4. The Morgan fingerprint density at radius 3 is 2.00 bits per heavy atom. The van der Waals surface area contributed by atoms with Crippen molar-refractivity contribution in [2.75, 3.05) is 7.11 Å². The highest BCUT2D eigenvalue weighted by molar-refractivity contribution is 5.78. The van der Waals surface area contributed by atoms with Crippen LogP contribution in [0.25, 0.3) is 22.9 Å². The minimum atomic E-state index is -0.394. The average molecular weight is 636 g/mol. The molecule has 0 aliphatic rings. The number of benzene rings is 3. The SMILES string of the molecule is C=CCc1nc(-c2ccccc2)oc1C.COC(=O)C(Cc1ccc(C#CCc2nc(-c3ccccc3)oc2C)cc1)c1cccnc1. The Balaban J connectivity index is 0.000000250. The van der Waals surface area contributed by atoms with Crippen LogP contribution in [0.5, 0.6) is 0 Å². The number of carbonyl (C=O) groups is 1. The van der Waals surface area contributed by atoms with E-state index in [0.29, 0.717) is 24.6 Å². The van der Waals surface area contributed by atoms with Gasteiger partial charge in [0, 0.05) is 35.5 Å². The Hall–Kier alpha value is -6.00. The van der Waals surface area contributed by atoms with Crippen LogP contribution in [-0.4, -0.2) is 28.0 Å². The summed E-state index contributed by atoms with van der Waals surface area (Å²) in [5.74, 6) is 8.65. The van der Waals surface area contributed by atoms with Gasteiger partial charge in [-0.15, -0.1) is 6.58 Å². The van der Waals surface area contributed by atoms with E-state index >= 15 is 0 Å². The molecule has 3 aromatic carbocycles. The predicted octanol–water partition coefficient (Wildman–Crippen LogP) is 8.52. The molecule has 0 saturated carbocycles. The van der Waals surface area contributed by atoms with E-state index in [-0.39, 0.29) is 5.97 Å². The molecule has 1 unspecified atom stereocenters. The second-order valence-electron chi connectivity index (χ2n) is 11.0. The number of methoxy groups -OCH3 is 1. The fraction of sp³-hybridized carbons (Fsp3) is 0.171. The van der Waals surface area contributed by atoms with E-state index in [9.17, 15) is 4.79 Å². The third-order valence-corrected chi connectivity index (χ3v) is 7.62. The molecule has 0 fully saturated rings. The first-order valence-electron chi connectivity index (χ1n) is 15.6. The number of aryl methyl sites for hydroxylation is 2. The number of oxazole rings is 2. The van der Waals surface area contributed by atoms with Crippen LogP contribution in [0.4, 0.5) is 0 Å². The first-order chi connectivity index (χ1) is 23.4. The van der Waals surface area contributed by atoms with Gasteiger partial charge in [-0.3, -0.25) is 9.78 Å². The summed E-state index contributed by atoms with van der Waals surface area (Å²) in [5, 5.41) is 0. The van der Waals surface area contributed by atoms with Crippen LogP contribution in [0, 0.1) is 25.7 Å². The molecule has 7 heteroatoms. The molecule has 0 amide bonds. The van der Waals surface area contributed by atoms with Crippen molar-refractivity contribution < 1.29 is 18.4 Å². The van der Waals surface area contributed by atoms with E-state index < -0.39 is 5.92 Å². The summed E-state index contributed by atoms with van der Waals surface area (Å²) < 4.78 is 16.4. The Morgan fingerprint density at radius 2 is 1.44 bits per heavy atom. The number of hydrogen-bond acceptors (Lipinski definition) is 7. The van der Waals surface area contributed by atoms with Gasteiger partial charge in [0.05, 0.1) is 30.8 Å². The third kappa shape index (κ3) is 8.83. The maximum Gasteiger partial charge on any atom is 0.313 e. The van der Waals surface area contributed by atoms with Crippen molar-refractivity contribution in [1.29, 1.82) is 0 Å². The van der Waals surface area contributed by atoms with Crippen molar-refractivity contribution in [1.82, 2.24) is 15.0 Å². The lowest BCUT2D eigenvalue weighted by atomic mass is 9.93. The fourth-order valence-electron chi connectivity index (χ4n) is 5.01. The number of esters is 1. The van der Waals surface area contributed by atoms with Gasteiger partial charge in [0.25, 0.3) is 0 Å². The third-order valence-electron chi connectivity index (χ3n) is 7.62. The number of rotatable bonds is 9. The molecule has 3 aromatic heterocycles. The van der Waals surface area contributed by atoms with Crippen molar-refractivity contribution in [3.63, 3.8) is 0 Å². The van der Waals surface area contributed by atoms with Gasteiger partial charge in [0.15, 0.2) is 0 Å².